The van der Waals surface area contributed by atoms with Crippen LogP contribution in [-0.4, -0.2) is 28.5 Å². The van der Waals surface area contributed by atoms with Crippen LogP contribution in [0.2, 0.25) is 0 Å². The Labute approximate surface area is 111 Å². The topological polar surface area (TPSA) is 39.1 Å². The van der Waals surface area contributed by atoms with E-state index in [1.54, 1.807) is 0 Å². The van der Waals surface area contributed by atoms with E-state index in [4.69, 9.17) is 4.74 Å². The molecule has 18 heavy (non-hydrogen) atoms. The minimum Gasteiger partial charge on any atom is -0.486 e. The third-order valence-electron chi connectivity index (χ3n) is 3.24. The summed E-state index contributed by atoms with van der Waals surface area (Å²) in [7, 11) is 1.95. The van der Waals surface area contributed by atoms with Crippen LogP contribution in [0.25, 0.3) is 0 Å². The summed E-state index contributed by atoms with van der Waals surface area (Å²) in [5.74, 6) is 0.926. The van der Waals surface area contributed by atoms with Crippen LogP contribution in [0.4, 0.5) is 0 Å². The molecule has 0 aliphatic heterocycles. The molecule has 2 atom stereocenters. The normalized spacial score (nSPS) is 14.6. The maximum absolute atomic E-state index is 5.98. The number of ether oxygens (including phenoxy) is 1. The molecule has 1 aromatic heterocycles. The van der Waals surface area contributed by atoms with E-state index in [0.29, 0.717) is 6.04 Å². The van der Waals surface area contributed by atoms with Gasteiger partial charge in [0.15, 0.2) is 5.75 Å². The van der Waals surface area contributed by atoms with Crippen molar-refractivity contribution in [2.75, 3.05) is 6.54 Å². The Morgan fingerprint density at radius 3 is 2.50 bits per heavy atom. The van der Waals surface area contributed by atoms with Crippen LogP contribution in [0.3, 0.4) is 0 Å². The fourth-order valence-corrected chi connectivity index (χ4v) is 2.07. The number of aryl methyl sites for hydroxylation is 2. The van der Waals surface area contributed by atoms with Crippen molar-refractivity contribution in [3.05, 3.63) is 11.4 Å². The smallest absolute Gasteiger partial charge is 0.163 e. The predicted molar refractivity (Wildman–Crippen MR) is 75.1 cm³/mol. The van der Waals surface area contributed by atoms with Crippen LogP contribution in [0.1, 0.15) is 45.0 Å². The van der Waals surface area contributed by atoms with Gasteiger partial charge in [0.2, 0.25) is 0 Å². The molecule has 0 amide bonds. The van der Waals surface area contributed by atoms with Gasteiger partial charge in [0, 0.05) is 19.6 Å². The first-order chi connectivity index (χ1) is 8.45. The van der Waals surface area contributed by atoms with Gasteiger partial charge in [-0.2, -0.15) is 5.10 Å². The lowest BCUT2D eigenvalue weighted by molar-refractivity contribution is 0.208. The van der Waals surface area contributed by atoms with Gasteiger partial charge < -0.3 is 10.1 Å². The number of nitrogens with one attached hydrogen (secondary N) is 1. The SMILES string of the molecule is CCCC(C)NCC(C)Oc1c(C)nn(C)c1C. The highest BCUT2D eigenvalue weighted by atomic mass is 16.5. The minimum atomic E-state index is 0.158. The Bertz CT molecular complexity index is 373. The summed E-state index contributed by atoms with van der Waals surface area (Å²) >= 11 is 0. The van der Waals surface area contributed by atoms with E-state index in [1.165, 1.54) is 12.8 Å². The summed E-state index contributed by atoms with van der Waals surface area (Å²) in [6.07, 6.45) is 2.58. The van der Waals surface area contributed by atoms with Gasteiger partial charge >= 0.3 is 0 Å². The van der Waals surface area contributed by atoms with Gasteiger partial charge in [-0.3, -0.25) is 4.68 Å². The Balaban J connectivity index is 2.47. The standard InChI is InChI=1S/C14H27N3O/c1-7-8-10(2)15-9-11(3)18-14-12(4)16-17(6)13(14)5/h10-11,15H,7-9H2,1-6H3. The van der Waals surface area contributed by atoms with Crippen molar-refractivity contribution in [1.82, 2.24) is 15.1 Å². The molecule has 0 aliphatic carbocycles. The molecular formula is C14H27N3O. The van der Waals surface area contributed by atoms with E-state index in [1.807, 2.05) is 25.6 Å². The molecular weight excluding hydrogens is 226 g/mol. The number of aromatic nitrogens is 2. The fraction of sp³-hybridized carbons (Fsp3) is 0.786. The van der Waals surface area contributed by atoms with Crippen molar-refractivity contribution in [2.45, 2.75) is 59.6 Å². The van der Waals surface area contributed by atoms with E-state index in [0.717, 1.165) is 23.7 Å². The zero-order valence-electron chi connectivity index (χ0n) is 12.6. The monoisotopic (exact) mass is 253 g/mol. The first-order valence-corrected chi connectivity index (χ1v) is 6.85. The molecule has 1 rings (SSSR count). The molecule has 1 heterocycles. The Kier molecular flexibility index (Phi) is 5.66. The lowest BCUT2D eigenvalue weighted by Gasteiger charge is -2.19. The van der Waals surface area contributed by atoms with Crippen molar-refractivity contribution < 1.29 is 4.74 Å². The van der Waals surface area contributed by atoms with Gasteiger partial charge in [0.05, 0.1) is 5.69 Å². The molecule has 0 fully saturated rings. The van der Waals surface area contributed by atoms with Gasteiger partial charge in [-0.15, -0.1) is 0 Å². The third-order valence-corrected chi connectivity index (χ3v) is 3.24. The van der Waals surface area contributed by atoms with Crippen LogP contribution in [0.15, 0.2) is 0 Å². The fourth-order valence-electron chi connectivity index (χ4n) is 2.07. The van der Waals surface area contributed by atoms with Crippen LogP contribution in [0, 0.1) is 13.8 Å². The maximum Gasteiger partial charge on any atom is 0.163 e. The van der Waals surface area contributed by atoms with E-state index in [2.05, 4.69) is 31.2 Å². The Morgan fingerprint density at radius 2 is 2.00 bits per heavy atom. The molecule has 4 heteroatoms. The van der Waals surface area contributed by atoms with E-state index >= 15 is 0 Å². The second-order valence-corrected chi connectivity index (χ2v) is 5.15. The summed E-state index contributed by atoms with van der Waals surface area (Å²) in [6.45, 7) is 11.4. The number of rotatable bonds is 7. The average molecular weight is 253 g/mol. The van der Waals surface area contributed by atoms with E-state index < -0.39 is 0 Å². The van der Waals surface area contributed by atoms with E-state index in [9.17, 15) is 0 Å². The van der Waals surface area contributed by atoms with Crippen molar-refractivity contribution in [3.63, 3.8) is 0 Å². The van der Waals surface area contributed by atoms with Crippen LogP contribution >= 0.6 is 0 Å². The highest BCUT2D eigenvalue weighted by Crippen LogP contribution is 2.22. The number of hydrogen-bond donors (Lipinski definition) is 1. The van der Waals surface area contributed by atoms with E-state index in [-0.39, 0.29) is 6.10 Å². The number of hydrogen-bond acceptors (Lipinski definition) is 3. The zero-order chi connectivity index (χ0) is 13.7. The first-order valence-electron chi connectivity index (χ1n) is 6.85. The highest BCUT2D eigenvalue weighted by molar-refractivity contribution is 5.31. The summed E-state index contributed by atoms with van der Waals surface area (Å²) < 4.78 is 7.85. The van der Waals surface area contributed by atoms with Crippen LogP contribution in [-0.2, 0) is 7.05 Å². The summed E-state index contributed by atoms with van der Waals surface area (Å²) in [5, 5.41) is 7.86. The second kappa shape index (κ2) is 6.78. The molecule has 0 aliphatic rings. The molecule has 0 radical (unpaired) electrons. The summed E-state index contributed by atoms with van der Waals surface area (Å²) in [6, 6.07) is 0.553. The minimum absolute atomic E-state index is 0.158. The molecule has 0 bridgehead atoms. The molecule has 104 valence electrons. The van der Waals surface area contributed by atoms with Crippen LogP contribution in [0.5, 0.6) is 5.75 Å². The molecule has 1 N–H and O–H groups in total. The summed E-state index contributed by atoms with van der Waals surface area (Å²) in [4.78, 5) is 0. The molecule has 4 nitrogen and oxygen atoms in total. The molecule has 0 saturated heterocycles. The lowest BCUT2D eigenvalue weighted by Crippen LogP contribution is -2.35. The van der Waals surface area contributed by atoms with Gasteiger partial charge in [-0.25, -0.2) is 0 Å². The predicted octanol–water partition coefficient (Wildman–Crippen LogP) is 2.58. The number of nitrogens with zero attached hydrogens (tertiary/aromatic N) is 2. The van der Waals surface area contributed by atoms with Crippen molar-refractivity contribution in [1.29, 1.82) is 0 Å². The Hall–Kier alpha value is -1.03. The average Bonchev–Trinajstić information content (AvgIpc) is 2.54. The molecule has 0 spiro atoms. The third kappa shape index (κ3) is 4.02. The van der Waals surface area contributed by atoms with Crippen molar-refractivity contribution >= 4 is 0 Å². The maximum atomic E-state index is 5.98. The van der Waals surface area contributed by atoms with Gasteiger partial charge in [0.1, 0.15) is 11.8 Å². The first kappa shape index (κ1) is 15.0. The van der Waals surface area contributed by atoms with Gasteiger partial charge in [0.25, 0.3) is 0 Å². The molecule has 1 aromatic rings. The lowest BCUT2D eigenvalue weighted by atomic mass is 10.2. The quantitative estimate of drug-likeness (QED) is 0.812. The molecule has 0 aromatic carbocycles. The largest absolute Gasteiger partial charge is 0.486 e. The second-order valence-electron chi connectivity index (χ2n) is 5.15. The summed E-state index contributed by atoms with van der Waals surface area (Å²) in [5.41, 5.74) is 2.05. The van der Waals surface area contributed by atoms with Gasteiger partial charge in [-0.05, 0) is 34.1 Å². The zero-order valence-corrected chi connectivity index (χ0v) is 12.6. The van der Waals surface area contributed by atoms with Crippen LogP contribution < -0.4 is 10.1 Å². The highest BCUT2D eigenvalue weighted by Gasteiger charge is 2.14. The van der Waals surface area contributed by atoms with Crippen molar-refractivity contribution in [3.8, 4) is 5.75 Å². The molecule has 2 unspecified atom stereocenters. The van der Waals surface area contributed by atoms with Gasteiger partial charge in [-0.1, -0.05) is 13.3 Å². The van der Waals surface area contributed by atoms with Crippen molar-refractivity contribution in [2.24, 2.45) is 7.05 Å². The Morgan fingerprint density at radius 1 is 1.33 bits per heavy atom. The molecule has 0 saturated carbocycles.